The predicted molar refractivity (Wildman–Crippen MR) is 52.6 cm³/mol. The van der Waals surface area contributed by atoms with Gasteiger partial charge in [0.05, 0.1) is 6.54 Å². The van der Waals surface area contributed by atoms with Crippen molar-refractivity contribution in [2.75, 3.05) is 40.3 Å². The van der Waals surface area contributed by atoms with Crippen molar-refractivity contribution >= 4 is 5.91 Å². The zero-order valence-electron chi connectivity index (χ0n) is 8.71. The van der Waals surface area contributed by atoms with Crippen molar-refractivity contribution in [1.29, 1.82) is 0 Å². The highest BCUT2D eigenvalue weighted by Crippen LogP contribution is 2.02. The van der Waals surface area contributed by atoms with E-state index in [1.807, 2.05) is 19.0 Å². The Hall–Kier alpha value is -0.610. The molecule has 1 heterocycles. The van der Waals surface area contributed by atoms with Gasteiger partial charge in [0.2, 0.25) is 5.91 Å². The van der Waals surface area contributed by atoms with Gasteiger partial charge in [-0.05, 0) is 21.0 Å². The molecule has 4 heteroatoms. The summed E-state index contributed by atoms with van der Waals surface area (Å²) in [5.41, 5.74) is 0. The van der Waals surface area contributed by atoms with E-state index in [2.05, 4.69) is 17.1 Å². The number of nitrogens with zero attached hydrogens (tertiary/aromatic N) is 2. The van der Waals surface area contributed by atoms with Crippen LogP contribution in [0.2, 0.25) is 0 Å². The van der Waals surface area contributed by atoms with Crippen molar-refractivity contribution in [1.82, 2.24) is 15.1 Å². The second-order valence-electron chi connectivity index (χ2n) is 3.87. The minimum absolute atomic E-state index is 0.223. The molecule has 0 bridgehead atoms. The molecule has 1 atom stereocenters. The van der Waals surface area contributed by atoms with Gasteiger partial charge in [-0.25, -0.2) is 0 Å². The lowest BCUT2D eigenvalue weighted by atomic mass is 10.2. The zero-order chi connectivity index (χ0) is 9.84. The molecule has 13 heavy (non-hydrogen) atoms. The fraction of sp³-hybridized carbons (Fsp3) is 0.889. The molecule has 0 aromatic heterocycles. The van der Waals surface area contributed by atoms with E-state index < -0.39 is 0 Å². The summed E-state index contributed by atoms with van der Waals surface area (Å²) in [6.45, 7) is 5.28. The van der Waals surface area contributed by atoms with Crippen molar-refractivity contribution in [2.45, 2.75) is 13.0 Å². The molecule has 1 unspecified atom stereocenters. The van der Waals surface area contributed by atoms with Gasteiger partial charge in [-0.15, -0.1) is 0 Å². The number of rotatable bonds is 3. The van der Waals surface area contributed by atoms with Crippen LogP contribution in [0.1, 0.15) is 6.92 Å². The molecule has 1 aliphatic rings. The van der Waals surface area contributed by atoms with Gasteiger partial charge in [0.25, 0.3) is 0 Å². The van der Waals surface area contributed by atoms with E-state index >= 15 is 0 Å². The summed E-state index contributed by atoms with van der Waals surface area (Å²) < 4.78 is 0. The maximum atomic E-state index is 11.5. The largest absolute Gasteiger partial charge is 0.336 e. The molecule has 0 saturated carbocycles. The first-order valence-electron chi connectivity index (χ1n) is 4.76. The Kier molecular flexibility index (Phi) is 3.69. The van der Waals surface area contributed by atoms with Crippen molar-refractivity contribution < 1.29 is 4.79 Å². The number of likely N-dealkylation sites (N-methyl/N-ethyl adjacent to an activating group) is 1. The van der Waals surface area contributed by atoms with Crippen LogP contribution < -0.4 is 5.32 Å². The van der Waals surface area contributed by atoms with Gasteiger partial charge < -0.3 is 15.1 Å². The maximum absolute atomic E-state index is 11.5. The lowest BCUT2D eigenvalue weighted by molar-refractivity contribution is -0.134. The molecule has 4 nitrogen and oxygen atoms in total. The van der Waals surface area contributed by atoms with E-state index in [4.69, 9.17) is 0 Å². The van der Waals surface area contributed by atoms with E-state index in [1.54, 1.807) is 0 Å². The standard InChI is InChI=1S/C9H19N3O/c1-8-6-10-7-9(13)12(8)5-4-11(2)3/h8,10H,4-7H2,1-3H3. The van der Waals surface area contributed by atoms with Crippen molar-refractivity contribution in [3.63, 3.8) is 0 Å². The molecule has 1 saturated heterocycles. The smallest absolute Gasteiger partial charge is 0.236 e. The number of hydrogen-bond donors (Lipinski definition) is 1. The lowest BCUT2D eigenvalue weighted by Crippen LogP contribution is -2.54. The summed E-state index contributed by atoms with van der Waals surface area (Å²) in [4.78, 5) is 15.5. The summed E-state index contributed by atoms with van der Waals surface area (Å²) in [7, 11) is 4.05. The van der Waals surface area contributed by atoms with Crippen molar-refractivity contribution in [3.05, 3.63) is 0 Å². The Morgan fingerprint density at radius 3 is 2.85 bits per heavy atom. The van der Waals surface area contributed by atoms with E-state index in [-0.39, 0.29) is 5.91 Å². The topological polar surface area (TPSA) is 35.6 Å². The molecule has 1 N–H and O–H groups in total. The van der Waals surface area contributed by atoms with E-state index in [0.717, 1.165) is 19.6 Å². The van der Waals surface area contributed by atoms with Crippen LogP contribution in [0.25, 0.3) is 0 Å². The van der Waals surface area contributed by atoms with Crippen LogP contribution in [0.15, 0.2) is 0 Å². The normalized spacial score (nSPS) is 24.2. The van der Waals surface area contributed by atoms with Crippen LogP contribution in [-0.4, -0.2) is 62.0 Å². The Morgan fingerprint density at radius 2 is 2.31 bits per heavy atom. The van der Waals surface area contributed by atoms with Crippen LogP contribution in [-0.2, 0) is 4.79 Å². The number of carbonyl (C=O) groups is 1. The van der Waals surface area contributed by atoms with E-state index in [1.165, 1.54) is 0 Å². The minimum atomic E-state index is 0.223. The first-order chi connectivity index (χ1) is 6.11. The molecule has 0 spiro atoms. The fourth-order valence-electron chi connectivity index (χ4n) is 1.50. The van der Waals surface area contributed by atoms with Crippen LogP contribution in [0.5, 0.6) is 0 Å². The maximum Gasteiger partial charge on any atom is 0.236 e. The third kappa shape index (κ3) is 2.97. The van der Waals surface area contributed by atoms with Crippen molar-refractivity contribution in [2.24, 2.45) is 0 Å². The second-order valence-corrected chi connectivity index (χ2v) is 3.87. The van der Waals surface area contributed by atoms with E-state index in [0.29, 0.717) is 12.6 Å². The highest BCUT2D eigenvalue weighted by Gasteiger charge is 2.23. The average molecular weight is 185 g/mol. The Bertz CT molecular complexity index is 182. The molecule has 0 aromatic carbocycles. The molecule has 76 valence electrons. The van der Waals surface area contributed by atoms with E-state index in [9.17, 15) is 4.79 Å². The number of amides is 1. The SMILES string of the molecule is CC1CNCC(=O)N1CCN(C)C. The Morgan fingerprint density at radius 1 is 1.62 bits per heavy atom. The number of hydrogen-bond acceptors (Lipinski definition) is 3. The third-order valence-electron chi connectivity index (χ3n) is 2.36. The van der Waals surface area contributed by atoms with Crippen molar-refractivity contribution in [3.8, 4) is 0 Å². The number of nitrogens with one attached hydrogen (secondary N) is 1. The average Bonchev–Trinajstić information content (AvgIpc) is 2.03. The van der Waals surface area contributed by atoms with Gasteiger partial charge in [-0.1, -0.05) is 0 Å². The molecule has 1 rings (SSSR count). The van der Waals surface area contributed by atoms with Gasteiger partial charge >= 0.3 is 0 Å². The first-order valence-corrected chi connectivity index (χ1v) is 4.76. The fourth-order valence-corrected chi connectivity index (χ4v) is 1.50. The monoisotopic (exact) mass is 185 g/mol. The minimum Gasteiger partial charge on any atom is -0.336 e. The molecule has 1 aliphatic heterocycles. The summed E-state index contributed by atoms with van der Waals surface area (Å²) >= 11 is 0. The summed E-state index contributed by atoms with van der Waals surface area (Å²) in [5.74, 6) is 0.223. The van der Waals surface area contributed by atoms with Gasteiger partial charge in [-0.2, -0.15) is 0 Å². The molecule has 0 radical (unpaired) electrons. The summed E-state index contributed by atoms with van der Waals surface area (Å²) in [6.07, 6.45) is 0. The zero-order valence-corrected chi connectivity index (χ0v) is 8.71. The summed E-state index contributed by atoms with van der Waals surface area (Å²) in [5, 5.41) is 3.10. The van der Waals surface area contributed by atoms with Crippen LogP contribution in [0.3, 0.4) is 0 Å². The predicted octanol–water partition coefficient (Wildman–Crippen LogP) is -0.632. The van der Waals surface area contributed by atoms with Crippen LogP contribution in [0.4, 0.5) is 0 Å². The molecular weight excluding hydrogens is 166 g/mol. The highest BCUT2D eigenvalue weighted by molar-refractivity contribution is 5.79. The Labute approximate surface area is 79.9 Å². The quantitative estimate of drug-likeness (QED) is 0.636. The number of carbonyl (C=O) groups excluding carboxylic acids is 1. The second kappa shape index (κ2) is 4.58. The highest BCUT2D eigenvalue weighted by atomic mass is 16.2. The first kappa shape index (κ1) is 10.5. The third-order valence-corrected chi connectivity index (χ3v) is 2.36. The van der Waals surface area contributed by atoms with Gasteiger partial charge in [-0.3, -0.25) is 4.79 Å². The van der Waals surface area contributed by atoms with Gasteiger partial charge in [0, 0.05) is 25.7 Å². The molecule has 1 fully saturated rings. The van der Waals surface area contributed by atoms with Gasteiger partial charge in [0.1, 0.15) is 0 Å². The summed E-state index contributed by atoms with van der Waals surface area (Å²) in [6, 6.07) is 0.334. The molecule has 1 amide bonds. The molecule has 0 aromatic rings. The lowest BCUT2D eigenvalue weighted by Gasteiger charge is -2.34. The van der Waals surface area contributed by atoms with Gasteiger partial charge in [0.15, 0.2) is 0 Å². The number of piperazine rings is 1. The van der Waals surface area contributed by atoms with Crippen LogP contribution >= 0.6 is 0 Å². The molecule has 0 aliphatic carbocycles. The van der Waals surface area contributed by atoms with Crippen LogP contribution in [0, 0.1) is 0 Å². The molecular formula is C9H19N3O. The Balaban J connectivity index is 2.40.